The van der Waals surface area contributed by atoms with E-state index in [0.717, 1.165) is 6.42 Å². The second-order valence-electron chi connectivity index (χ2n) is 3.88. The molecule has 0 unspecified atom stereocenters. The first-order valence-electron chi connectivity index (χ1n) is 3.98. The molecule has 0 heterocycles. The molecule has 0 spiro atoms. The van der Waals surface area contributed by atoms with Crippen LogP contribution in [-0.2, 0) is 9.59 Å². The smallest absolute Gasteiger partial charge is 0.307 e. The standard InChI is InChI=1S/C8H8O3/c9-7-3-1-2-4(5(2)7)6(3)8(10)11/h2-6H,1H2,(H,10,11)/t2-,3-,4+,5-,6-/m1/s1. The number of rotatable bonds is 1. The molecule has 4 fully saturated rings. The summed E-state index contributed by atoms with van der Waals surface area (Å²) in [4.78, 5) is 21.9. The van der Waals surface area contributed by atoms with Gasteiger partial charge < -0.3 is 5.11 Å². The molecule has 0 aromatic carbocycles. The largest absolute Gasteiger partial charge is 0.481 e. The normalized spacial score (nSPS) is 56.7. The van der Waals surface area contributed by atoms with Gasteiger partial charge in [0.1, 0.15) is 5.78 Å². The quantitative estimate of drug-likeness (QED) is 0.582. The van der Waals surface area contributed by atoms with Gasteiger partial charge in [-0.25, -0.2) is 0 Å². The van der Waals surface area contributed by atoms with E-state index in [2.05, 4.69) is 0 Å². The third-order valence-corrected chi connectivity index (χ3v) is 3.58. The van der Waals surface area contributed by atoms with Gasteiger partial charge in [-0.05, 0) is 18.3 Å². The summed E-state index contributed by atoms with van der Waals surface area (Å²) in [6, 6.07) is 0. The van der Waals surface area contributed by atoms with Crippen molar-refractivity contribution in [3.63, 3.8) is 0 Å². The Morgan fingerprint density at radius 2 is 2.27 bits per heavy atom. The number of carbonyl (C=O) groups is 2. The lowest BCUT2D eigenvalue weighted by atomic mass is 9.98. The van der Waals surface area contributed by atoms with E-state index in [4.69, 9.17) is 5.11 Å². The Morgan fingerprint density at radius 3 is 2.45 bits per heavy atom. The number of aliphatic carboxylic acids is 1. The summed E-state index contributed by atoms with van der Waals surface area (Å²) < 4.78 is 0. The predicted molar refractivity (Wildman–Crippen MR) is 34.7 cm³/mol. The van der Waals surface area contributed by atoms with E-state index in [9.17, 15) is 9.59 Å². The average Bonchev–Trinajstić information content (AvgIpc) is 2.33. The zero-order valence-corrected chi connectivity index (χ0v) is 5.86. The van der Waals surface area contributed by atoms with Crippen LogP contribution in [0.2, 0.25) is 0 Å². The van der Waals surface area contributed by atoms with Gasteiger partial charge in [-0.15, -0.1) is 0 Å². The van der Waals surface area contributed by atoms with Crippen molar-refractivity contribution in [1.82, 2.24) is 0 Å². The van der Waals surface area contributed by atoms with Crippen LogP contribution in [0.4, 0.5) is 0 Å². The highest BCUT2D eigenvalue weighted by Crippen LogP contribution is 2.71. The highest BCUT2D eigenvalue weighted by Gasteiger charge is 2.75. The molecular formula is C8H8O3. The zero-order valence-electron chi connectivity index (χ0n) is 5.86. The van der Waals surface area contributed by atoms with Crippen molar-refractivity contribution in [3.8, 4) is 0 Å². The molecule has 3 nitrogen and oxygen atoms in total. The zero-order chi connectivity index (χ0) is 7.75. The molecule has 5 atom stereocenters. The van der Waals surface area contributed by atoms with E-state index >= 15 is 0 Å². The molecule has 1 N–H and O–H groups in total. The van der Waals surface area contributed by atoms with Crippen LogP contribution in [0.15, 0.2) is 0 Å². The molecule has 4 saturated carbocycles. The van der Waals surface area contributed by atoms with Crippen LogP contribution in [0.5, 0.6) is 0 Å². The molecule has 11 heavy (non-hydrogen) atoms. The average molecular weight is 152 g/mol. The molecule has 4 bridgehead atoms. The lowest BCUT2D eigenvalue weighted by Crippen LogP contribution is -2.19. The summed E-state index contributed by atoms with van der Waals surface area (Å²) >= 11 is 0. The minimum atomic E-state index is -0.754. The summed E-state index contributed by atoms with van der Waals surface area (Å²) in [5.41, 5.74) is 0. The third kappa shape index (κ3) is 0.424. The molecular weight excluding hydrogens is 144 g/mol. The Balaban J connectivity index is 2.03. The number of Topliss-reactive ketones (excluding diaryl/α,β-unsaturated/α-hetero) is 1. The highest BCUT2D eigenvalue weighted by molar-refractivity contribution is 5.98. The van der Waals surface area contributed by atoms with Gasteiger partial charge in [0, 0.05) is 11.8 Å². The number of carbonyl (C=O) groups excluding carboxylic acids is 1. The van der Waals surface area contributed by atoms with Gasteiger partial charge in [0.15, 0.2) is 0 Å². The molecule has 4 aliphatic carbocycles. The fraction of sp³-hybridized carbons (Fsp3) is 0.750. The SMILES string of the molecule is O=C(O)[C@H]1[C@H]2[C@H]3C[C@H]1C(=O)[C@H]32. The van der Waals surface area contributed by atoms with E-state index in [1.54, 1.807) is 0 Å². The highest BCUT2D eigenvalue weighted by atomic mass is 16.4. The Hall–Kier alpha value is -0.860. The molecule has 4 rings (SSSR count). The molecule has 0 radical (unpaired) electrons. The van der Waals surface area contributed by atoms with Crippen LogP contribution in [0.3, 0.4) is 0 Å². The molecule has 0 amide bonds. The fourth-order valence-electron chi connectivity index (χ4n) is 3.18. The van der Waals surface area contributed by atoms with Gasteiger partial charge in [0.05, 0.1) is 5.92 Å². The van der Waals surface area contributed by atoms with Crippen LogP contribution >= 0.6 is 0 Å². The van der Waals surface area contributed by atoms with Crippen molar-refractivity contribution in [3.05, 3.63) is 0 Å². The minimum Gasteiger partial charge on any atom is -0.481 e. The predicted octanol–water partition coefficient (Wildman–Crippen LogP) is 0.152. The monoisotopic (exact) mass is 152 g/mol. The van der Waals surface area contributed by atoms with Crippen LogP contribution in [-0.4, -0.2) is 16.9 Å². The van der Waals surface area contributed by atoms with E-state index in [1.807, 2.05) is 0 Å². The van der Waals surface area contributed by atoms with E-state index < -0.39 is 5.97 Å². The van der Waals surface area contributed by atoms with Crippen LogP contribution < -0.4 is 0 Å². The van der Waals surface area contributed by atoms with Crippen molar-refractivity contribution in [1.29, 1.82) is 0 Å². The fourth-order valence-corrected chi connectivity index (χ4v) is 3.18. The van der Waals surface area contributed by atoms with Gasteiger partial charge in [-0.1, -0.05) is 0 Å². The Bertz CT molecular complexity index is 271. The molecule has 58 valence electrons. The van der Waals surface area contributed by atoms with Gasteiger partial charge in [0.25, 0.3) is 0 Å². The Labute approximate surface area is 63.4 Å². The molecule has 0 saturated heterocycles. The number of hydrogen-bond donors (Lipinski definition) is 1. The van der Waals surface area contributed by atoms with Gasteiger partial charge in [-0.2, -0.15) is 0 Å². The summed E-state index contributed by atoms with van der Waals surface area (Å²) in [6.07, 6.45) is 0.866. The number of hydrogen-bond acceptors (Lipinski definition) is 2. The lowest BCUT2D eigenvalue weighted by molar-refractivity contribution is -0.144. The number of ketones is 1. The van der Waals surface area contributed by atoms with E-state index in [-0.39, 0.29) is 29.5 Å². The molecule has 0 aliphatic heterocycles. The molecule has 0 aromatic heterocycles. The van der Waals surface area contributed by atoms with E-state index in [0.29, 0.717) is 5.92 Å². The minimum absolute atomic E-state index is 0.104. The number of carboxylic acid groups (broad SMARTS) is 1. The topological polar surface area (TPSA) is 54.4 Å². The van der Waals surface area contributed by atoms with E-state index in [1.165, 1.54) is 0 Å². The lowest BCUT2D eigenvalue weighted by Gasteiger charge is -2.05. The third-order valence-electron chi connectivity index (χ3n) is 3.58. The maximum atomic E-state index is 11.2. The van der Waals surface area contributed by atoms with Crippen LogP contribution in [0.1, 0.15) is 6.42 Å². The van der Waals surface area contributed by atoms with Crippen LogP contribution in [0.25, 0.3) is 0 Å². The molecule has 4 aliphatic rings. The van der Waals surface area contributed by atoms with Crippen molar-refractivity contribution in [2.24, 2.45) is 29.6 Å². The van der Waals surface area contributed by atoms with Crippen molar-refractivity contribution < 1.29 is 14.7 Å². The van der Waals surface area contributed by atoms with Gasteiger partial charge >= 0.3 is 5.97 Å². The summed E-state index contributed by atoms with van der Waals surface area (Å²) in [5.74, 6) is -0.0482. The second kappa shape index (κ2) is 1.36. The first-order valence-corrected chi connectivity index (χ1v) is 3.98. The molecule has 0 aromatic rings. The Kier molecular flexibility index (Phi) is 0.708. The van der Waals surface area contributed by atoms with Crippen LogP contribution in [0, 0.1) is 29.6 Å². The summed E-state index contributed by atoms with van der Waals surface area (Å²) in [5, 5.41) is 8.77. The van der Waals surface area contributed by atoms with Gasteiger partial charge in [-0.3, -0.25) is 9.59 Å². The van der Waals surface area contributed by atoms with Gasteiger partial charge in [0.2, 0.25) is 0 Å². The van der Waals surface area contributed by atoms with Crippen molar-refractivity contribution >= 4 is 11.8 Å². The first kappa shape index (κ1) is 5.75. The maximum absolute atomic E-state index is 11.2. The maximum Gasteiger partial charge on any atom is 0.307 e. The first-order chi connectivity index (χ1) is 5.22. The number of carboxylic acids is 1. The van der Waals surface area contributed by atoms with Crippen molar-refractivity contribution in [2.75, 3.05) is 0 Å². The summed E-state index contributed by atoms with van der Waals surface area (Å²) in [7, 11) is 0. The summed E-state index contributed by atoms with van der Waals surface area (Å²) in [6.45, 7) is 0. The molecule has 3 heteroatoms. The Morgan fingerprint density at radius 1 is 1.55 bits per heavy atom. The second-order valence-corrected chi connectivity index (χ2v) is 3.88. The van der Waals surface area contributed by atoms with Crippen molar-refractivity contribution in [2.45, 2.75) is 6.42 Å².